The molecule has 8 nitrogen and oxygen atoms in total. The van der Waals surface area contributed by atoms with Crippen LogP contribution in [0, 0.1) is 34.9 Å². The van der Waals surface area contributed by atoms with Crippen molar-refractivity contribution in [1.29, 1.82) is 0 Å². The third-order valence-electron chi connectivity index (χ3n) is 9.81. The van der Waals surface area contributed by atoms with Crippen LogP contribution >= 0.6 is 43.5 Å². The summed E-state index contributed by atoms with van der Waals surface area (Å²) in [6.45, 7) is 7.19. The van der Waals surface area contributed by atoms with Gasteiger partial charge in [0, 0.05) is 15.9 Å². The predicted octanol–water partition coefficient (Wildman–Crippen LogP) is 6.75. The highest BCUT2D eigenvalue weighted by Gasteiger charge is 2.68. The number of imide groups is 2. The van der Waals surface area contributed by atoms with Crippen LogP contribution in [0.5, 0.6) is 11.5 Å². The number of ether oxygens (including phenoxy) is 1. The Labute approximate surface area is 275 Å². The molecule has 1 N–H and O–H groups in total. The molecule has 232 valence electrons. The first-order chi connectivity index (χ1) is 20.5. The summed E-state index contributed by atoms with van der Waals surface area (Å²) in [7, 11) is 1.41. The van der Waals surface area contributed by atoms with E-state index in [2.05, 4.69) is 31.9 Å². The zero-order chi connectivity index (χ0) is 32.2. The van der Waals surface area contributed by atoms with E-state index in [4.69, 9.17) is 16.3 Å². The quantitative estimate of drug-likeness (QED) is 0.275. The summed E-state index contributed by atoms with van der Waals surface area (Å²) in [6.07, 6.45) is 2.42. The standard InChI is InChI=1S/C32H30Br2ClFN2O6/c1-31(2,3)38-27(40)15-8-7-14-16(22(15)29(38)42)11-18-28(41)37(13-6-9-20(36)19(35)10-13)30(43)32(18,4)23(14)17-12-21(44-5)26(39)25(34)24(17)33/h6-7,9-10,12,15-16,18,22-23,39H,8,11H2,1-5H3. The summed E-state index contributed by atoms with van der Waals surface area (Å²) in [5.74, 6) is -5.63. The lowest BCUT2D eigenvalue weighted by Crippen LogP contribution is -2.49. The number of likely N-dealkylation sites (tertiary alicyclic amines) is 1. The van der Waals surface area contributed by atoms with Crippen molar-refractivity contribution in [2.75, 3.05) is 12.0 Å². The van der Waals surface area contributed by atoms with Crippen molar-refractivity contribution in [3.63, 3.8) is 0 Å². The lowest BCUT2D eigenvalue weighted by Gasteiger charge is -2.49. The number of carbonyl (C=O) groups excluding carboxylic acids is 4. The number of methoxy groups -OCH3 is 1. The Morgan fingerprint density at radius 2 is 1.73 bits per heavy atom. The predicted molar refractivity (Wildman–Crippen MR) is 168 cm³/mol. The summed E-state index contributed by atoms with van der Waals surface area (Å²) in [5.41, 5.74) is -0.595. The molecule has 0 spiro atoms. The summed E-state index contributed by atoms with van der Waals surface area (Å²) in [4.78, 5) is 58.9. The summed E-state index contributed by atoms with van der Waals surface area (Å²) in [5, 5.41) is 10.5. The van der Waals surface area contributed by atoms with Gasteiger partial charge in [-0.3, -0.25) is 24.1 Å². The van der Waals surface area contributed by atoms with Gasteiger partial charge in [0.05, 0.1) is 45.5 Å². The Kier molecular flexibility index (Phi) is 7.37. The van der Waals surface area contributed by atoms with Gasteiger partial charge in [-0.05, 0) is 108 Å². The number of fused-ring (bicyclic) bond motifs is 4. The van der Waals surface area contributed by atoms with Crippen LogP contribution in [0.15, 0.2) is 44.9 Å². The van der Waals surface area contributed by atoms with Gasteiger partial charge in [-0.25, -0.2) is 9.29 Å². The minimum absolute atomic E-state index is 0.144. The third-order valence-corrected chi connectivity index (χ3v) is 12.3. The second-order valence-electron chi connectivity index (χ2n) is 13.1. The van der Waals surface area contributed by atoms with Crippen molar-refractivity contribution in [1.82, 2.24) is 4.90 Å². The van der Waals surface area contributed by atoms with Crippen LogP contribution in [-0.4, -0.2) is 46.3 Å². The highest BCUT2D eigenvalue weighted by atomic mass is 79.9. The van der Waals surface area contributed by atoms with Crippen LogP contribution in [0.25, 0.3) is 0 Å². The van der Waals surface area contributed by atoms with E-state index in [0.717, 1.165) is 16.5 Å². The largest absolute Gasteiger partial charge is 0.503 e. The molecular weight excluding hydrogens is 723 g/mol. The van der Waals surface area contributed by atoms with Crippen molar-refractivity contribution in [2.24, 2.45) is 29.1 Å². The van der Waals surface area contributed by atoms with Crippen molar-refractivity contribution < 1.29 is 33.4 Å². The van der Waals surface area contributed by atoms with Gasteiger partial charge in [-0.15, -0.1) is 0 Å². The molecule has 6 atom stereocenters. The molecule has 6 unspecified atom stereocenters. The van der Waals surface area contributed by atoms with Crippen LogP contribution in [0.2, 0.25) is 5.02 Å². The number of hydrogen-bond acceptors (Lipinski definition) is 6. The molecule has 12 heteroatoms. The number of phenols is 1. The molecule has 2 aromatic carbocycles. The number of rotatable bonds is 3. The number of amides is 4. The molecule has 4 aliphatic rings. The monoisotopic (exact) mass is 750 g/mol. The van der Waals surface area contributed by atoms with Crippen LogP contribution in [0.1, 0.15) is 52.0 Å². The van der Waals surface area contributed by atoms with E-state index in [9.17, 15) is 28.7 Å². The molecule has 2 saturated heterocycles. The minimum atomic E-state index is -1.35. The first kappa shape index (κ1) is 31.2. The lowest BCUT2D eigenvalue weighted by atomic mass is 9.51. The average Bonchev–Trinajstić information content (AvgIpc) is 3.33. The maximum Gasteiger partial charge on any atom is 0.241 e. The first-order valence-electron chi connectivity index (χ1n) is 14.2. The Bertz CT molecular complexity index is 1710. The number of carbonyl (C=O) groups is 4. The van der Waals surface area contributed by atoms with Gasteiger partial charge in [0.15, 0.2) is 11.5 Å². The molecule has 0 aromatic heterocycles. The van der Waals surface area contributed by atoms with E-state index in [-0.39, 0.29) is 40.4 Å². The molecule has 3 fully saturated rings. The van der Waals surface area contributed by atoms with Crippen LogP contribution in [0.4, 0.5) is 10.1 Å². The van der Waals surface area contributed by atoms with E-state index < -0.39 is 58.2 Å². The molecule has 2 aromatic rings. The highest BCUT2D eigenvalue weighted by Crippen LogP contribution is 2.65. The fourth-order valence-corrected chi connectivity index (χ4v) is 9.00. The van der Waals surface area contributed by atoms with E-state index in [0.29, 0.717) is 20.9 Å². The second kappa shape index (κ2) is 10.4. The fourth-order valence-electron chi connectivity index (χ4n) is 7.87. The summed E-state index contributed by atoms with van der Waals surface area (Å²) in [6, 6.07) is 5.33. The molecule has 1 saturated carbocycles. The number of allylic oxidation sites excluding steroid dienone is 2. The summed E-state index contributed by atoms with van der Waals surface area (Å²) < 4.78 is 20.3. The average molecular weight is 753 g/mol. The van der Waals surface area contributed by atoms with Crippen molar-refractivity contribution in [3.8, 4) is 11.5 Å². The molecule has 2 heterocycles. The topological polar surface area (TPSA) is 104 Å². The number of phenolic OH excluding ortho intramolecular Hbond substituents is 1. The van der Waals surface area contributed by atoms with Gasteiger partial charge in [-0.1, -0.05) is 23.3 Å². The SMILES string of the molecule is COc1cc(C2C3=CCC4C(=O)N(C(C)(C)C)C(=O)C4C3CC3C(=O)N(c4ccc(F)c(Cl)c4)C(=O)C32C)c(Br)c(Br)c1O. The third kappa shape index (κ3) is 4.17. The number of benzene rings is 2. The van der Waals surface area contributed by atoms with E-state index in [1.54, 1.807) is 13.0 Å². The number of nitrogens with zero attached hydrogens (tertiary/aromatic N) is 2. The number of halogens is 4. The second-order valence-corrected chi connectivity index (χ2v) is 15.1. The number of anilines is 1. The van der Waals surface area contributed by atoms with Gasteiger partial charge in [0.25, 0.3) is 0 Å². The van der Waals surface area contributed by atoms with E-state index >= 15 is 0 Å². The zero-order valence-electron chi connectivity index (χ0n) is 24.6. The van der Waals surface area contributed by atoms with Crippen molar-refractivity contribution in [3.05, 3.63) is 61.3 Å². The summed E-state index contributed by atoms with van der Waals surface area (Å²) >= 11 is 13.1. The molecule has 2 aliphatic carbocycles. The van der Waals surface area contributed by atoms with E-state index in [1.165, 1.54) is 24.1 Å². The van der Waals surface area contributed by atoms with Crippen molar-refractivity contribution >= 4 is 72.8 Å². The normalized spacial score (nSPS) is 29.9. The Morgan fingerprint density at radius 3 is 2.34 bits per heavy atom. The Balaban J connectivity index is 1.58. The number of hydrogen-bond donors (Lipinski definition) is 1. The van der Waals surface area contributed by atoms with Gasteiger partial charge in [0.1, 0.15) is 5.82 Å². The van der Waals surface area contributed by atoms with Crippen molar-refractivity contribution in [2.45, 2.75) is 52.0 Å². The van der Waals surface area contributed by atoms with E-state index in [1.807, 2.05) is 26.8 Å². The molecule has 0 radical (unpaired) electrons. The van der Waals surface area contributed by atoms with Crippen LogP contribution in [-0.2, 0) is 19.2 Å². The maximum atomic E-state index is 14.6. The molecule has 0 bridgehead atoms. The highest BCUT2D eigenvalue weighted by molar-refractivity contribution is 9.13. The van der Waals surface area contributed by atoms with Gasteiger partial charge in [-0.2, -0.15) is 0 Å². The Morgan fingerprint density at radius 1 is 1.05 bits per heavy atom. The lowest BCUT2D eigenvalue weighted by molar-refractivity contribution is -0.145. The fraction of sp³-hybridized carbons (Fsp3) is 0.438. The minimum Gasteiger partial charge on any atom is -0.503 e. The Hall–Kier alpha value is -2.76. The van der Waals surface area contributed by atoms with Crippen LogP contribution in [0.3, 0.4) is 0 Å². The smallest absolute Gasteiger partial charge is 0.241 e. The molecule has 6 rings (SSSR count). The molecular formula is C32H30Br2ClFN2O6. The maximum absolute atomic E-state index is 14.6. The molecule has 4 amide bonds. The van der Waals surface area contributed by atoms with Gasteiger partial charge in [0.2, 0.25) is 23.6 Å². The van der Waals surface area contributed by atoms with Crippen LogP contribution < -0.4 is 9.64 Å². The van der Waals surface area contributed by atoms with Gasteiger partial charge < -0.3 is 9.84 Å². The number of aromatic hydroxyl groups is 1. The molecule has 44 heavy (non-hydrogen) atoms. The van der Waals surface area contributed by atoms with Gasteiger partial charge >= 0.3 is 0 Å². The molecule has 2 aliphatic heterocycles. The first-order valence-corrected chi connectivity index (χ1v) is 16.2. The zero-order valence-corrected chi connectivity index (χ0v) is 28.5.